The highest BCUT2D eigenvalue weighted by Gasteiger charge is 2.16. The number of likely N-dealkylation sites (N-methyl/N-ethyl adjacent to an activating group) is 1. The lowest BCUT2D eigenvalue weighted by atomic mass is 10.3. The van der Waals surface area contributed by atoms with Gasteiger partial charge in [0.25, 0.3) is 0 Å². The third-order valence-corrected chi connectivity index (χ3v) is 4.24. The second kappa shape index (κ2) is 6.25. The van der Waals surface area contributed by atoms with Gasteiger partial charge in [0.15, 0.2) is 0 Å². The number of nitrogens with one attached hydrogen (secondary N) is 1. The minimum Gasteiger partial charge on any atom is -0.374 e. The molecule has 1 fully saturated rings. The van der Waals surface area contributed by atoms with Crippen molar-refractivity contribution in [2.45, 2.75) is 12.6 Å². The smallest absolute Gasteiger partial charge is 0.107 e. The summed E-state index contributed by atoms with van der Waals surface area (Å²) in [5.41, 5.74) is 0. The fourth-order valence-electron chi connectivity index (χ4n) is 1.70. The summed E-state index contributed by atoms with van der Waals surface area (Å²) in [5, 5.41) is 4.55. The molecule has 2 rings (SSSR count). The van der Waals surface area contributed by atoms with Gasteiger partial charge in [0.1, 0.15) is 5.01 Å². The van der Waals surface area contributed by atoms with Crippen LogP contribution in [0.1, 0.15) is 5.01 Å². The molecule has 1 N–H and O–H groups in total. The van der Waals surface area contributed by atoms with Crippen molar-refractivity contribution in [2.75, 3.05) is 33.3 Å². The highest BCUT2D eigenvalue weighted by molar-refractivity contribution is 14.1. The zero-order valence-corrected chi connectivity index (χ0v) is 12.3. The van der Waals surface area contributed by atoms with E-state index >= 15 is 0 Å². The Morgan fingerprint density at radius 1 is 1.75 bits per heavy atom. The second-order valence-electron chi connectivity index (χ2n) is 3.94. The van der Waals surface area contributed by atoms with Crippen molar-refractivity contribution in [3.8, 4) is 0 Å². The van der Waals surface area contributed by atoms with Gasteiger partial charge in [-0.05, 0) is 29.6 Å². The van der Waals surface area contributed by atoms with Crippen LogP contribution in [-0.4, -0.2) is 49.3 Å². The fourth-order valence-corrected chi connectivity index (χ4v) is 3.21. The largest absolute Gasteiger partial charge is 0.374 e. The van der Waals surface area contributed by atoms with Crippen molar-refractivity contribution >= 4 is 33.9 Å². The van der Waals surface area contributed by atoms with Gasteiger partial charge in [0.2, 0.25) is 0 Å². The quantitative estimate of drug-likeness (QED) is 0.825. The number of nitrogens with zero attached hydrogens (tertiary/aromatic N) is 2. The van der Waals surface area contributed by atoms with E-state index < -0.39 is 0 Å². The van der Waals surface area contributed by atoms with E-state index in [0.29, 0.717) is 6.10 Å². The molecule has 0 bridgehead atoms. The van der Waals surface area contributed by atoms with Gasteiger partial charge in [0.05, 0.1) is 21.8 Å². The first kappa shape index (κ1) is 12.7. The second-order valence-corrected chi connectivity index (χ2v) is 6.95. The van der Waals surface area contributed by atoms with E-state index in [0.717, 1.165) is 37.8 Å². The van der Waals surface area contributed by atoms with Crippen LogP contribution in [0.2, 0.25) is 0 Å². The van der Waals surface area contributed by atoms with Crippen LogP contribution in [-0.2, 0) is 11.3 Å². The summed E-state index contributed by atoms with van der Waals surface area (Å²) in [7, 11) is 2.14. The molecule has 0 radical (unpaired) electrons. The van der Waals surface area contributed by atoms with Crippen molar-refractivity contribution < 1.29 is 4.74 Å². The van der Waals surface area contributed by atoms with Gasteiger partial charge in [-0.15, -0.1) is 11.3 Å². The lowest BCUT2D eigenvalue weighted by Gasteiger charge is -2.30. The molecule has 0 aliphatic carbocycles. The molecule has 1 atom stereocenters. The zero-order valence-electron chi connectivity index (χ0n) is 9.28. The number of hydrogen-bond donors (Lipinski definition) is 1. The molecule has 0 spiro atoms. The van der Waals surface area contributed by atoms with Crippen LogP contribution in [0, 0.1) is 2.88 Å². The lowest BCUT2D eigenvalue weighted by Crippen LogP contribution is -2.44. The number of rotatable bonds is 4. The normalized spacial score (nSPS) is 22.5. The van der Waals surface area contributed by atoms with Crippen LogP contribution < -0.4 is 5.32 Å². The maximum absolute atomic E-state index is 5.67. The van der Waals surface area contributed by atoms with E-state index in [2.05, 4.69) is 44.8 Å². The molecule has 1 unspecified atom stereocenters. The van der Waals surface area contributed by atoms with E-state index in [1.165, 1.54) is 2.88 Å². The fraction of sp³-hybridized carbons (Fsp3) is 0.700. The summed E-state index contributed by atoms with van der Waals surface area (Å²) in [5.74, 6) is 0. The molecule has 0 saturated carbocycles. The third-order valence-electron chi connectivity index (χ3n) is 2.52. The van der Waals surface area contributed by atoms with Gasteiger partial charge >= 0.3 is 0 Å². The Hall–Kier alpha value is 0.240. The zero-order chi connectivity index (χ0) is 11.4. The van der Waals surface area contributed by atoms with Gasteiger partial charge < -0.3 is 15.0 Å². The van der Waals surface area contributed by atoms with Crippen molar-refractivity contribution in [2.24, 2.45) is 0 Å². The monoisotopic (exact) mass is 353 g/mol. The van der Waals surface area contributed by atoms with Crippen molar-refractivity contribution in [1.82, 2.24) is 15.2 Å². The summed E-state index contributed by atoms with van der Waals surface area (Å²) in [6.45, 7) is 4.65. The summed E-state index contributed by atoms with van der Waals surface area (Å²) in [4.78, 5) is 6.62. The predicted molar refractivity (Wildman–Crippen MR) is 73.8 cm³/mol. The average Bonchev–Trinajstić information content (AvgIpc) is 2.64. The van der Waals surface area contributed by atoms with Gasteiger partial charge in [-0.1, -0.05) is 0 Å². The van der Waals surface area contributed by atoms with Gasteiger partial charge in [-0.2, -0.15) is 0 Å². The van der Waals surface area contributed by atoms with Crippen molar-refractivity contribution in [3.05, 3.63) is 14.1 Å². The first-order valence-corrected chi connectivity index (χ1v) is 7.24. The van der Waals surface area contributed by atoms with Crippen molar-refractivity contribution in [1.29, 1.82) is 0 Å². The molecular weight excluding hydrogens is 337 g/mol. The van der Waals surface area contributed by atoms with Crippen LogP contribution in [0.4, 0.5) is 0 Å². The molecule has 1 aromatic heterocycles. The minimum absolute atomic E-state index is 0.317. The highest BCUT2D eigenvalue weighted by Crippen LogP contribution is 2.14. The van der Waals surface area contributed by atoms with Crippen LogP contribution in [0.3, 0.4) is 0 Å². The van der Waals surface area contributed by atoms with E-state index in [9.17, 15) is 0 Å². The Labute approximate surface area is 114 Å². The molecule has 16 heavy (non-hydrogen) atoms. The van der Waals surface area contributed by atoms with E-state index in [1.807, 2.05) is 6.20 Å². The molecule has 0 amide bonds. The molecule has 1 aliphatic rings. The van der Waals surface area contributed by atoms with Gasteiger partial charge in [0, 0.05) is 26.2 Å². The van der Waals surface area contributed by atoms with E-state index in [4.69, 9.17) is 4.74 Å². The number of thiazole rings is 1. The lowest BCUT2D eigenvalue weighted by molar-refractivity contribution is -0.0182. The molecule has 4 nitrogen and oxygen atoms in total. The standard InChI is InChI=1S/C10H16IN3OS/c1-14-2-3-15-8(7-14)4-12-6-10-13-5-9(11)16-10/h5,8,12H,2-4,6-7H2,1H3. The first-order chi connectivity index (χ1) is 7.74. The van der Waals surface area contributed by atoms with Crippen molar-refractivity contribution in [3.63, 3.8) is 0 Å². The Bertz CT molecular complexity index is 334. The first-order valence-electron chi connectivity index (χ1n) is 5.35. The van der Waals surface area contributed by atoms with Crippen LogP contribution in [0.15, 0.2) is 6.20 Å². The summed E-state index contributed by atoms with van der Waals surface area (Å²) in [6, 6.07) is 0. The highest BCUT2D eigenvalue weighted by atomic mass is 127. The van der Waals surface area contributed by atoms with Crippen LogP contribution in [0.5, 0.6) is 0 Å². The number of ether oxygens (including phenoxy) is 1. The van der Waals surface area contributed by atoms with Gasteiger partial charge in [-0.3, -0.25) is 0 Å². The molecule has 0 aromatic carbocycles. The molecule has 2 heterocycles. The average molecular weight is 353 g/mol. The maximum atomic E-state index is 5.67. The van der Waals surface area contributed by atoms with Gasteiger partial charge in [-0.25, -0.2) is 4.98 Å². The molecule has 6 heteroatoms. The maximum Gasteiger partial charge on any atom is 0.107 e. The number of halogens is 1. The molecule has 1 saturated heterocycles. The molecule has 1 aliphatic heterocycles. The van der Waals surface area contributed by atoms with Crippen LogP contribution in [0.25, 0.3) is 0 Å². The summed E-state index contributed by atoms with van der Waals surface area (Å²) < 4.78 is 6.91. The minimum atomic E-state index is 0.317. The summed E-state index contributed by atoms with van der Waals surface area (Å²) in [6.07, 6.45) is 2.23. The number of morpholine rings is 1. The molecular formula is C10H16IN3OS. The Morgan fingerprint density at radius 2 is 2.62 bits per heavy atom. The molecule has 1 aromatic rings. The Balaban J connectivity index is 1.67. The van der Waals surface area contributed by atoms with Crippen LogP contribution >= 0.6 is 33.9 Å². The number of aromatic nitrogens is 1. The summed E-state index contributed by atoms with van der Waals surface area (Å²) >= 11 is 4.03. The Morgan fingerprint density at radius 3 is 3.31 bits per heavy atom. The number of hydrogen-bond acceptors (Lipinski definition) is 5. The predicted octanol–water partition coefficient (Wildman–Crippen LogP) is 1.17. The topological polar surface area (TPSA) is 37.4 Å². The van der Waals surface area contributed by atoms with E-state index in [-0.39, 0.29) is 0 Å². The SMILES string of the molecule is CN1CCOC(CNCc2ncc(I)s2)C1. The third kappa shape index (κ3) is 3.92. The Kier molecular flexibility index (Phi) is 4.96. The molecule has 90 valence electrons. The van der Waals surface area contributed by atoms with E-state index in [1.54, 1.807) is 11.3 Å².